The van der Waals surface area contributed by atoms with Gasteiger partial charge in [-0.25, -0.2) is 4.79 Å². The first-order valence-corrected chi connectivity index (χ1v) is 5.73. The molecule has 2 aromatic rings. The van der Waals surface area contributed by atoms with E-state index in [1.807, 2.05) is 18.2 Å². The zero-order chi connectivity index (χ0) is 12.5. The topological polar surface area (TPSA) is 60.6 Å². The maximum Gasteiger partial charge on any atom is 0.354 e. The molecule has 0 atom stereocenters. The summed E-state index contributed by atoms with van der Waals surface area (Å²) in [7, 11) is 1.36. The highest BCUT2D eigenvalue weighted by Gasteiger charge is 2.22. The van der Waals surface area contributed by atoms with Gasteiger partial charge in [0.2, 0.25) is 0 Å². The lowest BCUT2D eigenvalue weighted by atomic mass is 10.1. The Morgan fingerprint density at radius 2 is 2.17 bits per heavy atom. The Hall–Kier alpha value is -1.85. The summed E-state index contributed by atoms with van der Waals surface area (Å²) in [4.78, 5) is 14.6. The summed E-state index contributed by atoms with van der Waals surface area (Å²) in [5, 5.41) is 0.937. The number of fused-ring (bicyclic) bond motifs is 1. The third kappa shape index (κ3) is 1.77. The quantitative estimate of drug-likeness (QED) is 0.824. The minimum atomic E-state index is -0.384. The third-order valence-electron chi connectivity index (χ3n) is 2.97. The number of ether oxygens (including phenoxy) is 3. The molecule has 0 unspecified atom stereocenters. The number of methoxy groups -OCH3 is 1. The minimum Gasteiger partial charge on any atom is -0.464 e. The molecule has 0 spiro atoms. The molecule has 18 heavy (non-hydrogen) atoms. The number of carbonyl (C=O) groups is 1. The van der Waals surface area contributed by atoms with E-state index in [1.165, 1.54) is 7.11 Å². The van der Waals surface area contributed by atoms with Crippen molar-refractivity contribution in [3.05, 3.63) is 35.5 Å². The molecular formula is C13H13NO4. The second-order valence-electron chi connectivity index (χ2n) is 4.06. The highest BCUT2D eigenvalue weighted by atomic mass is 16.7. The third-order valence-corrected chi connectivity index (χ3v) is 2.97. The molecule has 5 heteroatoms. The lowest BCUT2D eigenvalue weighted by Gasteiger charge is -2.10. The molecule has 2 heterocycles. The number of hydrogen-bond donors (Lipinski definition) is 1. The van der Waals surface area contributed by atoms with Gasteiger partial charge in [0.25, 0.3) is 0 Å². The molecule has 1 saturated heterocycles. The summed E-state index contributed by atoms with van der Waals surface area (Å²) in [5.74, 6) is -0.384. The maximum absolute atomic E-state index is 11.5. The van der Waals surface area contributed by atoms with E-state index >= 15 is 0 Å². The first-order chi connectivity index (χ1) is 8.79. The van der Waals surface area contributed by atoms with Crippen molar-refractivity contribution in [3.8, 4) is 0 Å². The molecule has 94 valence electrons. The van der Waals surface area contributed by atoms with Gasteiger partial charge in [-0.15, -0.1) is 0 Å². The van der Waals surface area contributed by atoms with Gasteiger partial charge in [0.15, 0.2) is 6.29 Å². The number of benzene rings is 1. The van der Waals surface area contributed by atoms with Crippen LogP contribution < -0.4 is 0 Å². The molecule has 5 nitrogen and oxygen atoms in total. The second kappa shape index (κ2) is 4.44. The molecule has 1 aliphatic heterocycles. The number of nitrogens with one attached hydrogen (secondary N) is 1. The predicted molar refractivity (Wildman–Crippen MR) is 64.3 cm³/mol. The van der Waals surface area contributed by atoms with Gasteiger partial charge in [0.1, 0.15) is 5.69 Å². The number of carbonyl (C=O) groups excluding carboxylic acids is 1. The summed E-state index contributed by atoms with van der Waals surface area (Å²) >= 11 is 0. The highest BCUT2D eigenvalue weighted by molar-refractivity contribution is 5.95. The Morgan fingerprint density at radius 1 is 1.39 bits per heavy atom. The molecule has 1 aromatic carbocycles. The van der Waals surface area contributed by atoms with Crippen molar-refractivity contribution in [2.45, 2.75) is 6.29 Å². The van der Waals surface area contributed by atoms with Crippen molar-refractivity contribution < 1.29 is 19.0 Å². The van der Waals surface area contributed by atoms with Crippen LogP contribution in [0.4, 0.5) is 0 Å². The SMILES string of the molecule is COC(=O)c1cc2cccc(C3OCCO3)c2[nH]1. The van der Waals surface area contributed by atoms with Crippen LogP contribution in [0.1, 0.15) is 22.3 Å². The number of aromatic nitrogens is 1. The number of para-hydroxylation sites is 1. The lowest BCUT2D eigenvalue weighted by Crippen LogP contribution is -2.02. The zero-order valence-corrected chi connectivity index (χ0v) is 9.93. The normalized spacial score (nSPS) is 16.3. The highest BCUT2D eigenvalue weighted by Crippen LogP contribution is 2.30. The number of hydrogen-bond acceptors (Lipinski definition) is 4. The fourth-order valence-corrected chi connectivity index (χ4v) is 2.13. The molecule has 3 rings (SSSR count). The van der Waals surface area contributed by atoms with Crippen molar-refractivity contribution in [1.82, 2.24) is 4.98 Å². The average molecular weight is 247 g/mol. The van der Waals surface area contributed by atoms with Crippen LogP contribution in [0, 0.1) is 0 Å². The summed E-state index contributed by atoms with van der Waals surface area (Å²) in [5.41, 5.74) is 2.18. The summed E-state index contributed by atoms with van der Waals surface area (Å²) in [6, 6.07) is 7.53. The summed E-state index contributed by atoms with van der Waals surface area (Å²) < 4.78 is 15.7. The van der Waals surface area contributed by atoms with Crippen molar-refractivity contribution in [2.24, 2.45) is 0 Å². The van der Waals surface area contributed by atoms with Gasteiger partial charge in [-0.2, -0.15) is 0 Å². The lowest BCUT2D eigenvalue weighted by molar-refractivity contribution is -0.0431. The molecule has 0 saturated carbocycles. The molecule has 0 amide bonds. The van der Waals surface area contributed by atoms with Crippen molar-refractivity contribution in [2.75, 3.05) is 20.3 Å². The van der Waals surface area contributed by atoms with Crippen molar-refractivity contribution >= 4 is 16.9 Å². The van der Waals surface area contributed by atoms with Crippen LogP contribution in [0.15, 0.2) is 24.3 Å². The molecule has 1 fully saturated rings. The molecule has 1 N–H and O–H groups in total. The maximum atomic E-state index is 11.5. The van der Waals surface area contributed by atoms with Gasteiger partial charge in [-0.3, -0.25) is 0 Å². The van der Waals surface area contributed by atoms with Crippen LogP contribution in [-0.4, -0.2) is 31.3 Å². The second-order valence-corrected chi connectivity index (χ2v) is 4.06. The molecule has 0 radical (unpaired) electrons. The number of esters is 1. The number of rotatable bonds is 2. The molecule has 0 aliphatic carbocycles. The average Bonchev–Trinajstić information content (AvgIpc) is 3.05. The Bertz CT molecular complexity index is 584. The first-order valence-electron chi connectivity index (χ1n) is 5.73. The first kappa shape index (κ1) is 11.3. The molecule has 1 aromatic heterocycles. The fraction of sp³-hybridized carbons (Fsp3) is 0.308. The Kier molecular flexibility index (Phi) is 2.77. The summed E-state index contributed by atoms with van der Waals surface area (Å²) in [6.45, 7) is 1.18. The van der Waals surface area contributed by atoms with Crippen LogP contribution in [0.2, 0.25) is 0 Å². The van der Waals surface area contributed by atoms with Crippen molar-refractivity contribution in [1.29, 1.82) is 0 Å². The van der Waals surface area contributed by atoms with Crippen LogP contribution in [0.5, 0.6) is 0 Å². The van der Waals surface area contributed by atoms with E-state index < -0.39 is 0 Å². The van der Waals surface area contributed by atoms with E-state index in [-0.39, 0.29) is 12.3 Å². The minimum absolute atomic E-state index is 0.363. The van der Waals surface area contributed by atoms with Crippen molar-refractivity contribution in [3.63, 3.8) is 0 Å². The number of aromatic amines is 1. The predicted octanol–water partition coefficient (Wildman–Crippen LogP) is 2.00. The van der Waals surface area contributed by atoms with E-state index in [2.05, 4.69) is 4.98 Å². The monoisotopic (exact) mass is 247 g/mol. The van der Waals surface area contributed by atoms with Gasteiger partial charge >= 0.3 is 5.97 Å². The van der Waals surface area contributed by atoms with Crippen LogP contribution in [0.3, 0.4) is 0 Å². The Labute approximate surface area is 104 Å². The van der Waals surface area contributed by atoms with Gasteiger partial charge in [0.05, 0.1) is 25.8 Å². The van der Waals surface area contributed by atoms with E-state index in [0.29, 0.717) is 18.9 Å². The summed E-state index contributed by atoms with van der Waals surface area (Å²) in [6.07, 6.45) is -0.363. The Morgan fingerprint density at radius 3 is 2.89 bits per heavy atom. The van der Waals surface area contributed by atoms with E-state index in [9.17, 15) is 4.79 Å². The van der Waals surface area contributed by atoms with Gasteiger partial charge in [-0.05, 0) is 6.07 Å². The van der Waals surface area contributed by atoms with Crippen LogP contribution >= 0.6 is 0 Å². The molecule has 0 bridgehead atoms. The van der Waals surface area contributed by atoms with Gasteiger partial charge in [0, 0.05) is 10.9 Å². The van der Waals surface area contributed by atoms with E-state index in [0.717, 1.165) is 16.5 Å². The van der Waals surface area contributed by atoms with Crippen LogP contribution in [0.25, 0.3) is 10.9 Å². The molecule has 1 aliphatic rings. The van der Waals surface area contributed by atoms with E-state index in [4.69, 9.17) is 14.2 Å². The standard InChI is InChI=1S/C13H13NO4/c1-16-12(15)10-7-8-3-2-4-9(11(8)14-10)13-17-5-6-18-13/h2-4,7,13-14H,5-6H2,1H3. The largest absolute Gasteiger partial charge is 0.464 e. The molecular weight excluding hydrogens is 234 g/mol. The smallest absolute Gasteiger partial charge is 0.354 e. The zero-order valence-electron chi connectivity index (χ0n) is 9.93. The van der Waals surface area contributed by atoms with Gasteiger partial charge < -0.3 is 19.2 Å². The number of H-pyrrole nitrogens is 1. The fourth-order valence-electron chi connectivity index (χ4n) is 2.13. The van der Waals surface area contributed by atoms with Gasteiger partial charge in [-0.1, -0.05) is 18.2 Å². The van der Waals surface area contributed by atoms with Crippen LogP contribution in [-0.2, 0) is 14.2 Å². The Balaban J connectivity index is 2.09. The van der Waals surface area contributed by atoms with E-state index in [1.54, 1.807) is 6.07 Å².